The number of nitrogens with one attached hydrogen (secondary N) is 1. The van der Waals surface area contributed by atoms with Crippen molar-refractivity contribution >= 4 is 12.1 Å². The van der Waals surface area contributed by atoms with Crippen molar-refractivity contribution in [2.24, 2.45) is 7.05 Å². The SMILES string of the molecule is C[n+]1ccccc1C(C)(C)c1ccccc1NC=O. The lowest BCUT2D eigenvalue weighted by Gasteiger charge is -2.25. The molecule has 0 aliphatic rings. The number of hydrogen-bond acceptors (Lipinski definition) is 1. The van der Waals surface area contributed by atoms with Gasteiger partial charge in [-0.2, -0.15) is 0 Å². The number of pyridine rings is 1. The predicted molar refractivity (Wildman–Crippen MR) is 75.9 cm³/mol. The quantitative estimate of drug-likeness (QED) is 0.660. The Kier molecular flexibility index (Phi) is 3.65. The lowest BCUT2D eigenvalue weighted by atomic mass is 9.80. The molecule has 0 fully saturated rings. The van der Waals surface area contributed by atoms with E-state index in [2.05, 4.69) is 35.9 Å². The second kappa shape index (κ2) is 5.22. The third-order valence-electron chi connectivity index (χ3n) is 3.51. The second-order valence-corrected chi connectivity index (χ2v) is 5.13. The standard InChI is InChI=1S/C16H18N2O/c1-16(2,15-10-6-7-11-18(15)3)13-8-4-5-9-14(13)17-12-19/h4-12H,1-3H3/p+1. The zero-order valence-corrected chi connectivity index (χ0v) is 11.6. The smallest absolute Gasteiger partial charge is 0.211 e. The van der Waals surface area contributed by atoms with Gasteiger partial charge in [0.25, 0.3) is 0 Å². The van der Waals surface area contributed by atoms with Crippen LogP contribution in [0, 0.1) is 0 Å². The van der Waals surface area contributed by atoms with E-state index in [1.165, 1.54) is 5.69 Å². The van der Waals surface area contributed by atoms with Crippen molar-refractivity contribution in [1.29, 1.82) is 0 Å². The first-order valence-corrected chi connectivity index (χ1v) is 6.32. The number of rotatable bonds is 4. The topological polar surface area (TPSA) is 33.0 Å². The molecule has 0 bridgehead atoms. The normalized spacial score (nSPS) is 11.1. The van der Waals surface area contributed by atoms with Crippen LogP contribution in [0.1, 0.15) is 25.1 Å². The number of nitrogens with zero attached hydrogens (tertiary/aromatic N) is 1. The van der Waals surface area contributed by atoms with Crippen LogP contribution in [-0.2, 0) is 17.3 Å². The Morgan fingerprint density at radius 3 is 2.47 bits per heavy atom. The largest absolute Gasteiger partial charge is 0.328 e. The van der Waals surface area contributed by atoms with E-state index in [0.29, 0.717) is 0 Å². The summed E-state index contributed by atoms with van der Waals surface area (Å²) in [6.07, 6.45) is 2.76. The van der Waals surface area contributed by atoms with Crippen LogP contribution in [0.2, 0.25) is 0 Å². The van der Waals surface area contributed by atoms with Gasteiger partial charge >= 0.3 is 0 Å². The number of anilines is 1. The molecule has 0 unspecified atom stereocenters. The van der Waals surface area contributed by atoms with Gasteiger partial charge in [-0.3, -0.25) is 4.79 Å². The molecule has 2 aromatic rings. The first-order valence-electron chi connectivity index (χ1n) is 6.32. The number of aromatic nitrogens is 1. The van der Waals surface area contributed by atoms with Gasteiger partial charge in [0.05, 0.1) is 5.41 Å². The molecule has 1 heterocycles. The van der Waals surface area contributed by atoms with E-state index in [1.54, 1.807) is 0 Å². The Bertz CT molecular complexity index is 591. The van der Waals surface area contributed by atoms with E-state index in [-0.39, 0.29) is 5.41 Å². The van der Waals surface area contributed by atoms with Crippen LogP contribution < -0.4 is 9.88 Å². The lowest BCUT2D eigenvalue weighted by Crippen LogP contribution is -2.41. The molecule has 0 saturated heterocycles. The van der Waals surface area contributed by atoms with E-state index < -0.39 is 0 Å². The van der Waals surface area contributed by atoms with Gasteiger partial charge in [0.1, 0.15) is 7.05 Å². The fraction of sp³-hybridized carbons (Fsp3) is 0.250. The van der Waals surface area contributed by atoms with Crippen molar-refractivity contribution in [2.75, 3.05) is 5.32 Å². The van der Waals surface area contributed by atoms with Crippen LogP contribution in [0.4, 0.5) is 5.69 Å². The first-order chi connectivity index (χ1) is 9.07. The highest BCUT2D eigenvalue weighted by molar-refractivity contribution is 5.74. The molecule has 3 heteroatoms. The molecular formula is C16H19N2O+. The zero-order chi connectivity index (χ0) is 13.9. The van der Waals surface area contributed by atoms with E-state index in [4.69, 9.17) is 0 Å². The number of benzene rings is 1. The van der Waals surface area contributed by atoms with Gasteiger partial charge in [0.15, 0.2) is 11.9 Å². The van der Waals surface area contributed by atoms with Crippen molar-refractivity contribution in [1.82, 2.24) is 0 Å². The minimum absolute atomic E-state index is 0.192. The molecule has 1 amide bonds. The maximum Gasteiger partial charge on any atom is 0.211 e. The maximum atomic E-state index is 10.7. The summed E-state index contributed by atoms with van der Waals surface area (Å²) < 4.78 is 2.11. The molecule has 0 saturated carbocycles. The van der Waals surface area contributed by atoms with E-state index in [9.17, 15) is 4.79 Å². The second-order valence-electron chi connectivity index (χ2n) is 5.13. The molecule has 98 valence electrons. The molecule has 0 atom stereocenters. The minimum atomic E-state index is -0.192. The average molecular weight is 255 g/mol. The van der Waals surface area contributed by atoms with Gasteiger partial charge in [0.2, 0.25) is 6.41 Å². The average Bonchev–Trinajstić information content (AvgIpc) is 2.40. The molecule has 0 aliphatic carbocycles. The van der Waals surface area contributed by atoms with Crippen LogP contribution >= 0.6 is 0 Å². The fourth-order valence-electron chi connectivity index (χ4n) is 2.53. The highest BCUT2D eigenvalue weighted by atomic mass is 16.1. The zero-order valence-electron chi connectivity index (χ0n) is 11.6. The predicted octanol–water partition coefficient (Wildman–Crippen LogP) is 2.41. The van der Waals surface area contributed by atoms with Crippen LogP contribution in [0.5, 0.6) is 0 Å². The van der Waals surface area contributed by atoms with Crippen LogP contribution in [-0.4, -0.2) is 6.41 Å². The highest BCUT2D eigenvalue weighted by Gasteiger charge is 2.32. The Balaban J connectivity index is 2.56. The number of carbonyl (C=O) groups is 1. The van der Waals surface area contributed by atoms with Crippen molar-refractivity contribution in [3.63, 3.8) is 0 Å². The Morgan fingerprint density at radius 2 is 1.79 bits per heavy atom. The van der Waals surface area contributed by atoms with E-state index in [1.807, 2.05) is 43.6 Å². The lowest BCUT2D eigenvalue weighted by molar-refractivity contribution is -0.682. The summed E-state index contributed by atoms with van der Waals surface area (Å²) in [5.41, 5.74) is 2.95. The molecule has 3 nitrogen and oxygen atoms in total. The summed E-state index contributed by atoms with van der Waals surface area (Å²) in [5, 5.41) is 2.78. The molecule has 0 aliphatic heterocycles. The fourth-order valence-corrected chi connectivity index (χ4v) is 2.53. The highest BCUT2D eigenvalue weighted by Crippen LogP contribution is 2.33. The third kappa shape index (κ3) is 2.50. The minimum Gasteiger partial charge on any atom is -0.328 e. The summed E-state index contributed by atoms with van der Waals surface area (Å²) in [6, 6.07) is 14.1. The van der Waals surface area contributed by atoms with Crippen LogP contribution in [0.3, 0.4) is 0 Å². The number of aryl methyl sites for hydroxylation is 1. The summed E-state index contributed by atoms with van der Waals surface area (Å²) >= 11 is 0. The van der Waals surface area contributed by atoms with Crippen LogP contribution in [0.25, 0.3) is 0 Å². The molecule has 1 N–H and O–H groups in total. The summed E-state index contributed by atoms with van der Waals surface area (Å²) in [4.78, 5) is 10.7. The van der Waals surface area contributed by atoms with E-state index in [0.717, 1.165) is 17.7 Å². The van der Waals surface area contributed by atoms with Gasteiger partial charge in [-0.1, -0.05) is 24.3 Å². The van der Waals surface area contributed by atoms with Gasteiger partial charge in [-0.25, -0.2) is 4.57 Å². The molecule has 19 heavy (non-hydrogen) atoms. The molecular weight excluding hydrogens is 236 g/mol. The van der Waals surface area contributed by atoms with Gasteiger partial charge in [0, 0.05) is 17.8 Å². The molecule has 0 radical (unpaired) electrons. The van der Waals surface area contributed by atoms with Crippen molar-refractivity contribution < 1.29 is 9.36 Å². The molecule has 2 rings (SSSR count). The summed E-state index contributed by atoms with van der Waals surface area (Å²) in [6.45, 7) is 4.32. The maximum absolute atomic E-state index is 10.7. The van der Waals surface area contributed by atoms with Crippen molar-refractivity contribution in [3.8, 4) is 0 Å². The molecule has 1 aromatic heterocycles. The molecule has 0 spiro atoms. The number of para-hydroxylation sites is 1. The number of hydrogen-bond donors (Lipinski definition) is 1. The van der Waals surface area contributed by atoms with E-state index >= 15 is 0 Å². The number of carbonyl (C=O) groups excluding carboxylic acids is 1. The third-order valence-corrected chi connectivity index (χ3v) is 3.51. The summed E-state index contributed by atoms with van der Waals surface area (Å²) in [7, 11) is 2.03. The van der Waals surface area contributed by atoms with Gasteiger partial charge in [-0.15, -0.1) is 0 Å². The van der Waals surface area contributed by atoms with Crippen molar-refractivity contribution in [2.45, 2.75) is 19.3 Å². The Hall–Kier alpha value is -2.16. The Morgan fingerprint density at radius 1 is 1.11 bits per heavy atom. The van der Waals surface area contributed by atoms with Gasteiger partial charge < -0.3 is 5.32 Å². The molecule has 1 aromatic carbocycles. The van der Waals surface area contributed by atoms with Crippen LogP contribution in [0.15, 0.2) is 48.7 Å². The monoisotopic (exact) mass is 255 g/mol. The Labute approximate surface area is 113 Å². The first kappa shape index (κ1) is 13.3. The van der Waals surface area contributed by atoms with Gasteiger partial charge in [-0.05, 0) is 25.5 Å². The summed E-state index contributed by atoms with van der Waals surface area (Å²) in [5.74, 6) is 0. The number of amides is 1. The van der Waals surface area contributed by atoms with Crippen molar-refractivity contribution in [3.05, 3.63) is 59.9 Å².